The lowest BCUT2D eigenvalue weighted by Crippen LogP contribution is -1.81. The first kappa shape index (κ1) is 11.4. The summed E-state index contributed by atoms with van der Waals surface area (Å²) in [5.74, 6) is 0. The Morgan fingerprint density at radius 1 is 0.562 bits per heavy atom. The van der Waals surface area contributed by atoms with E-state index in [-0.39, 0.29) is 0 Å². The van der Waals surface area contributed by atoms with Crippen molar-refractivity contribution in [3.63, 3.8) is 0 Å². The number of thiol groups is 2. The van der Waals surface area contributed by atoms with Crippen molar-refractivity contribution in [1.82, 2.24) is 0 Å². The molecule has 2 heteroatoms. The highest BCUT2D eigenvalue weighted by Crippen LogP contribution is 2.31. The molecule has 0 saturated heterocycles. The van der Waals surface area contributed by atoms with Crippen LogP contribution in [0.1, 0.15) is 11.1 Å². The van der Waals surface area contributed by atoms with Crippen LogP contribution in [-0.2, 0) is 0 Å². The van der Waals surface area contributed by atoms with Gasteiger partial charge in [0.25, 0.3) is 0 Å². The van der Waals surface area contributed by atoms with Gasteiger partial charge < -0.3 is 0 Å². The first-order valence-corrected chi connectivity index (χ1v) is 5.91. The van der Waals surface area contributed by atoms with Crippen LogP contribution in [0.3, 0.4) is 0 Å². The first-order valence-electron chi connectivity index (χ1n) is 5.02. The van der Waals surface area contributed by atoms with Gasteiger partial charge in [-0.15, -0.1) is 25.3 Å². The Kier molecular flexibility index (Phi) is 3.75. The lowest BCUT2D eigenvalue weighted by Gasteiger charge is -2.06. The van der Waals surface area contributed by atoms with E-state index < -0.39 is 0 Å². The van der Waals surface area contributed by atoms with Gasteiger partial charge in [-0.05, 0) is 11.1 Å². The molecule has 0 aromatic heterocycles. The van der Waals surface area contributed by atoms with Gasteiger partial charge in [-0.1, -0.05) is 60.7 Å². The maximum Gasteiger partial charge on any atom is 0.0253 e. The van der Waals surface area contributed by atoms with Crippen LogP contribution < -0.4 is 0 Å². The van der Waals surface area contributed by atoms with Gasteiger partial charge in [-0.25, -0.2) is 0 Å². The fraction of sp³-hybridized carbons (Fsp3) is 0. The Morgan fingerprint density at radius 3 is 1.19 bits per heavy atom. The molecule has 0 aliphatic heterocycles. The van der Waals surface area contributed by atoms with E-state index in [1.807, 2.05) is 60.7 Å². The van der Waals surface area contributed by atoms with E-state index in [0.29, 0.717) is 0 Å². The SMILES string of the molecule is SC(=C(S)c1ccccc1)c1ccccc1. The highest BCUT2D eigenvalue weighted by atomic mass is 32.1. The average Bonchev–Trinajstić information content (AvgIpc) is 2.39. The van der Waals surface area contributed by atoms with E-state index in [4.69, 9.17) is 0 Å². The zero-order valence-electron chi connectivity index (χ0n) is 8.67. The summed E-state index contributed by atoms with van der Waals surface area (Å²) in [6.45, 7) is 0. The average molecular weight is 244 g/mol. The number of hydrogen-bond donors (Lipinski definition) is 2. The van der Waals surface area contributed by atoms with Gasteiger partial charge in [0.1, 0.15) is 0 Å². The Morgan fingerprint density at radius 2 is 0.875 bits per heavy atom. The molecule has 80 valence electrons. The Bertz CT molecular complexity index is 439. The summed E-state index contributed by atoms with van der Waals surface area (Å²) in [5, 5.41) is 0. The van der Waals surface area contributed by atoms with Gasteiger partial charge >= 0.3 is 0 Å². The third kappa shape index (κ3) is 2.52. The lowest BCUT2D eigenvalue weighted by molar-refractivity contribution is 1.63. The minimum Gasteiger partial charge on any atom is -0.142 e. The molecule has 0 unspecified atom stereocenters. The molecule has 0 amide bonds. The molecule has 0 N–H and O–H groups in total. The molecule has 2 rings (SSSR count). The van der Waals surface area contributed by atoms with Crippen molar-refractivity contribution in [3.8, 4) is 0 Å². The Hall–Kier alpha value is -1.12. The van der Waals surface area contributed by atoms with E-state index in [2.05, 4.69) is 25.3 Å². The smallest absolute Gasteiger partial charge is 0.0253 e. The maximum atomic E-state index is 4.53. The minimum absolute atomic E-state index is 0.898. The van der Waals surface area contributed by atoms with E-state index in [1.165, 1.54) is 0 Å². The second-order valence-electron chi connectivity index (χ2n) is 3.43. The van der Waals surface area contributed by atoms with Gasteiger partial charge in [0.15, 0.2) is 0 Å². The predicted molar refractivity (Wildman–Crippen MR) is 77.7 cm³/mol. The molecule has 0 saturated carbocycles. The van der Waals surface area contributed by atoms with Crippen molar-refractivity contribution >= 4 is 35.1 Å². The van der Waals surface area contributed by atoms with Gasteiger partial charge in [-0.2, -0.15) is 0 Å². The predicted octanol–water partition coefficient (Wildman–Crippen LogP) is 4.37. The van der Waals surface area contributed by atoms with Crippen molar-refractivity contribution < 1.29 is 0 Å². The number of rotatable bonds is 2. The van der Waals surface area contributed by atoms with Gasteiger partial charge in [0.2, 0.25) is 0 Å². The Labute approximate surface area is 107 Å². The number of hydrogen-bond acceptors (Lipinski definition) is 2. The van der Waals surface area contributed by atoms with Crippen LogP contribution in [0.15, 0.2) is 60.7 Å². The highest BCUT2D eigenvalue weighted by Gasteiger charge is 2.03. The topological polar surface area (TPSA) is 0 Å². The summed E-state index contributed by atoms with van der Waals surface area (Å²) >= 11 is 9.06. The standard InChI is InChI=1S/C14H12S2/c15-13(11-7-3-1-4-8-11)14(16)12-9-5-2-6-10-12/h1-10,15-16H. The van der Waals surface area contributed by atoms with E-state index >= 15 is 0 Å². The molecule has 2 aromatic carbocycles. The molecule has 0 nitrogen and oxygen atoms in total. The second kappa shape index (κ2) is 5.28. The zero-order chi connectivity index (χ0) is 11.4. The van der Waals surface area contributed by atoms with E-state index in [9.17, 15) is 0 Å². The minimum atomic E-state index is 0.898. The first-order chi connectivity index (χ1) is 7.79. The molecule has 16 heavy (non-hydrogen) atoms. The van der Waals surface area contributed by atoms with E-state index in [0.717, 1.165) is 20.9 Å². The van der Waals surface area contributed by atoms with Crippen LogP contribution in [0.25, 0.3) is 9.81 Å². The zero-order valence-corrected chi connectivity index (χ0v) is 10.5. The molecule has 2 aromatic rings. The second-order valence-corrected chi connectivity index (χ2v) is 4.32. The molecule has 0 fully saturated rings. The Balaban J connectivity index is 2.43. The van der Waals surface area contributed by atoms with Crippen molar-refractivity contribution in [2.24, 2.45) is 0 Å². The van der Waals surface area contributed by atoms with Crippen molar-refractivity contribution in [1.29, 1.82) is 0 Å². The lowest BCUT2D eigenvalue weighted by atomic mass is 10.1. The van der Waals surface area contributed by atoms with Crippen LogP contribution in [0.5, 0.6) is 0 Å². The highest BCUT2D eigenvalue weighted by molar-refractivity contribution is 7.96. The molecule has 0 radical (unpaired) electrons. The molecule has 0 atom stereocenters. The normalized spacial score (nSPS) is 12.1. The van der Waals surface area contributed by atoms with Crippen molar-refractivity contribution in [2.75, 3.05) is 0 Å². The van der Waals surface area contributed by atoms with Crippen molar-refractivity contribution in [2.45, 2.75) is 0 Å². The molecule has 0 heterocycles. The van der Waals surface area contributed by atoms with Gasteiger partial charge in [0, 0.05) is 9.81 Å². The van der Waals surface area contributed by atoms with E-state index in [1.54, 1.807) is 0 Å². The van der Waals surface area contributed by atoms with Crippen LogP contribution in [0.4, 0.5) is 0 Å². The fourth-order valence-corrected chi connectivity index (χ4v) is 2.02. The monoisotopic (exact) mass is 244 g/mol. The van der Waals surface area contributed by atoms with Crippen molar-refractivity contribution in [3.05, 3.63) is 71.8 Å². The summed E-state index contributed by atoms with van der Waals surface area (Å²) in [6, 6.07) is 20.1. The van der Waals surface area contributed by atoms with Crippen LogP contribution in [0, 0.1) is 0 Å². The molecule has 0 bridgehead atoms. The number of benzene rings is 2. The fourth-order valence-electron chi connectivity index (χ4n) is 1.47. The maximum absolute atomic E-state index is 4.53. The van der Waals surface area contributed by atoms with Gasteiger partial charge in [0.05, 0.1) is 0 Å². The van der Waals surface area contributed by atoms with Crippen LogP contribution in [0.2, 0.25) is 0 Å². The summed E-state index contributed by atoms with van der Waals surface area (Å²) in [4.78, 5) is 1.80. The third-order valence-electron chi connectivity index (χ3n) is 2.32. The van der Waals surface area contributed by atoms with Crippen LogP contribution in [-0.4, -0.2) is 0 Å². The summed E-state index contributed by atoms with van der Waals surface area (Å²) in [7, 11) is 0. The van der Waals surface area contributed by atoms with Gasteiger partial charge in [-0.3, -0.25) is 0 Å². The summed E-state index contributed by atoms with van der Waals surface area (Å²) in [6.07, 6.45) is 0. The summed E-state index contributed by atoms with van der Waals surface area (Å²) < 4.78 is 0. The summed E-state index contributed by atoms with van der Waals surface area (Å²) in [5.41, 5.74) is 2.17. The molecular weight excluding hydrogens is 232 g/mol. The molecule has 0 aliphatic carbocycles. The molecule has 0 spiro atoms. The molecular formula is C14H12S2. The largest absolute Gasteiger partial charge is 0.142 e. The molecule has 0 aliphatic rings. The van der Waals surface area contributed by atoms with Crippen LogP contribution >= 0.6 is 25.3 Å². The quantitative estimate of drug-likeness (QED) is 0.569. The third-order valence-corrected chi connectivity index (χ3v) is 3.46.